The van der Waals surface area contributed by atoms with Gasteiger partial charge in [0.2, 0.25) is 0 Å². The number of methoxy groups -OCH3 is 1. The highest BCUT2D eigenvalue weighted by Gasteiger charge is 2.46. The van der Waals surface area contributed by atoms with Crippen LogP contribution in [-0.4, -0.2) is 37.2 Å². The lowest BCUT2D eigenvalue weighted by molar-refractivity contribution is 0.0600. The maximum absolute atomic E-state index is 11.8. The molecule has 0 unspecified atom stereocenters. The number of hydrogen-bond acceptors (Lipinski definition) is 4. The summed E-state index contributed by atoms with van der Waals surface area (Å²) in [4.78, 5) is 14.3. The number of ether oxygens (including phenoxy) is 1. The summed E-state index contributed by atoms with van der Waals surface area (Å²) in [6.07, 6.45) is 3.56. The van der Waals surface area contributed by atoms with E-state index < -0.39 is 0 Å². The van der Waals surface area contributed by atoms with E-state index in [4.69, 9.17) is 4.74 Å². The molecule has 0 saturated carbocycles. The Morgan fingerprint density at radius 1 is 1.43 bits per heavy atom. The molecule has 4 heteroatoms. The van der Waals surface area contributed by atoms with Crippen molar-refractivity contribution in [2.24, 2.45) is 0 Å². The fourth-order valence-electron chi connectivity index (χ4n) is 3.98. The van der Waals surface area contributed by atoms with E-state index in [1.807, 2.05) is 18.2 Å². The Morgan fingerprint density at radius 3 is 3.00 bits per heavy atom. The van der Waals surface area contributed by atoms with Crippen LogP contribution in [0.1, 0.15) is 43.5 Å². The Morgan fingerprint density at radius 2 is 2.24 bits per heavy atom. The van der Waals surface area contributed by atoms with Crippen LogP contribution < -0.4 is 10.2 Å². The van der Waals surface area contributed by atoms with Gasteiger partial charge in [-0.3, -0.25) is 0 Å². The van der Waals surface area contributed by atoms with Gasteiger partial charge in [-0.25, -0.2) is 4.79 Å². The monoisotopic (exact) mass is 288 g/mol. The van der Waals surface area contributed by atoms with Gasteiger partial charge in [0.25, 0.3) is 0 Å². The van der Waals surface area contributed by atoms with Gasteiger partial charge in [-0.2, -0.15) is 0 Å². The van der Waals surface area contributed by atoms with Crippen molar-refractivity contribution in [3.8, 4) is 0 Å². The highest BCUT2D eigenvalue weighted by atomic mass is 16.5. The summed E-state index contributed by atoms with van der Waals surface area (Å²) in [7, 11) is 1.43. The van der Waals surface area contributed by atoms with Gasteiger partial charge in [-0.15, -0.1) is 0 Å². The molecule has 0 radical (unpaired) electrons. The summed E-state index contributed by atoms with van der Waals surface area (Å²) < 4.78 is 4.84. The van der Waals surface area contributed by atoms with Crippen molar-refractivity contribution < 1.29 is 9.53 Å². The van der Waals surface area contributed by atoms with Crippen LogP contribution in [0.5, 0.6) is 0 Å². The minimum atomic E-state index is -0.271. The first kappa shape index (κ1) is 14.4. The summed E-state index contributed by atoms with van der Waals surface area (Å²) in [5.41, 5.74) is 1.85. The van der Waals surface area contributed by atoms with Gasteiger partial charge in [-0.1, -0.05) is 6.07 Å². The first-order valence-electron chi connectivity index (χ1n) is 7.74. The van der Waals surface area contributed by atoms with Gasteiger partial charge in [0, 0.05) is 23.3 Å². The Kier molecular flexibility index (Phi) is 3.66. The topological polar surface area (TPSA) is 41.6 Å². The molecule has 1 aromatic carbocycles. The van der Waals surface area contributed by atoms with Crippen molar-refractivity contribution in [3.63, 3.8) is 0 Å². The molecule has 0 spiro atoms. The molecule has 114 valence electrons. The molecule has 0 bridgehead atoms. The van der Waals surface area contributed by atoms with Crippen LogP contribution in [0.4, 0.5) is 5.69 Å². The third-order valence-electron chi connectivity index (χ3n) is 4.80. The maximum Gasteiger partial charge on any atom is 0.337 e. The molecule has 0 amide bonds. The summed E-state index contributed by atoms with van der Waals surface area (Å²) in [5.74, 6) is -0.271. The molecule has 1 N–H and O–H groups in total. The van der Waals surface area contributed by atoms with Crippen LogP contribution in [0, 0.1) is 0 Å². The first-order valence-corrected chi connectivity index (χ1v) is 7.74. The van der Waals surface area contributed by atoms with E-state index in [-0.39, 0.29) is 11.5 Å². The number of benzene rings is 1. The number of fused-ring (bicyclic) bond motifs is 1. The number of carbonyl (C=O) groups excluding carboxylic acids is 1. The Balaban J connectivity index is 1.96. The number of hydrogen-bond donors (Lipinski definition) is 1. The quantitative estimate of drug-likeness (QED) is 0.849. The van der Waals surface area contributed by atoms with Crippen molar-refractivity contribution in [2.45, 2.75) is 50.7 Å². The van der Waals surface area contributed by atoms with Gasteiger partial charge in [0.05, 0.1) is 12.7 Å². The van der Waals surface area contributed by atoms with Crippen LogP contribution in [-0.2, 0) is 4.74 Å². The molecule has 2 heterocycles. The summed E-state index contributed by atoms with van der Waals surface area (Å²) in [5, 5.41) is 3.65. The van der Waals surface area contributed by atoms with Crippen molar-refractivity contribution in [1.29, 1.82) is 0 Å². The van der Waals surface area contributed by atoms with Crippen LogP contribution in [0.3, 0.4) is 0 Å². The fraction of sp³-hybridized carbons (Fsp3) is 0.588. The Bertz CT molecular complexity index is 541. The van der Waals surface area contributed by atoms with E-state index in [1.165, 1.54) is 20.0 Å². The van der Waals surface area contributed by atoms with Gasteiger partial charge in [0.1, 0.15) is 0 Å². The zero-order valence-corrected chi connectivity index (χ0v) is 13.1. The highest BCUT2D eigenvalue weighted by Crippen LogP contribution is 2.41. The fourth-order valence-corrected chi connectivity index (χ4v) is 3.98. The van der Waals surface area contributed by atoms with E-state index in [1.54, 1.807) is 0 Å². The Labute approximate surface area is 126 Å². The lowest BCUT2D eigenvalue weighted by atomic mass is 9.96. The summed E-state index contributed by atoms with van der Waals surface area (Å²) in [6.45, 7) is 5.70. The van der Waals surface area contributed by atoms with Crippen molar-refractivity contribution in [1.82, 2.24) is 5.32 Å². The molecule has 2 aliphatic rings. The van der Waals surface area contributed by atoms with E-state index in [0.717, 1.165) is 18.7 Å². The number of nitrogens with zero attached hydrogens (tertiary/aromatic N) is 1. The lowest BCUT2D eigenvalue weighted by Crippen LogP contribution is -2.49. The second kappa shape index (κ2) is 5.34. The van der Waals surface area contributed by atoms with Crippen LogP contribution in [0.25, 0.3) is 0 Å². The van der Waals surface area contributed by atoms with Gasteiger partial charge in [-0.05, 0) is 57.9 Å². The largest absolute Gasteiger partial charge is 0.465 e. The molecule has 2 atom stereocenters. The molecule has 2 fully saturated rings. The molecule has 2 aliphatic heterocycles. The summed E-state index contributed by atoms with van der Waals surface area (Å²) >= 11 is 0. The second-order valence-corrected chi connectivity index (χ2v) is 6.70. The number of anilines is 1. The smallest absolute Gasteiger partial charge is 0.337 e. The second-order valence-electron chi connectivity index (χ2n) is 6.70. The molecule has 21 heavy (non-hydrogen) atoms. The van der Waals surface area contributed by atoms with E-state index >= 15 is 0 Å². The molecular weight excluding hydrogens is 264 g/mol. The van der Waals surface area contributed by atoms with E-state index in [2.05, 4.69) is 30.1 Å². The molecule has 2 saturated heterocycles. The predicted octanol–water partition coefficient (Wildman–Crippen LogP) is 2.58. The number of carbonyl (C=O) groups is 1. The Hall–Kier alpha value is -1.55. The SMILES string of the molecule is COC(=O)c1cccc(N2[C@H]3CCCN[C@H]3CC2(C)C)c1. The number of piperidine rings is 1. The van der Waals surface area contributed by atoms with Gasteiger partial charge >= 0.3 is 5.97 Å². The third kappa shape index (κ3) is 2.53. The first-order chi connectivity index (χ1) is 10.0. The van der Waals surface area contributed by atoms with E-state index in [0.29, 0.717) is 17.6 Å². The zero-order chi connectivity index (χ0) is 15.0. The van der Waals surface area contributed by atoms with Crippen molar-refractivity contribution in [3.05, 3.63) is 29.8 Å². The number of rotatable bonds is 2. The van der Waals surface area contributed by atoms with Crippen LogP contribution >= 0.6 is 0 Å². The normalized spacial score (nSPS) is 27.3. The maximum atomic E-state index is 11.8. The third-order valence-corrected chi connectivity index (χ3v) is 4.80. The molecule has 1 aromatic rings. The number of nitrogens with one attached hydrogen (secondary N) is 1. The van der Waals surface area contributed by atoms with Gasteiger partial charge in [0.15, 0.2) is 0 Å². The van der Waals surface area contributed by atoms with E-state index in [9.17, 15) is 4.79 Å². The minimum Gasteiger partial charge on any atom is -0.465 e. The molecule has 4 nitrogen and oxygen atoms in total. The average molecular weight is 288 g/mol. The van der Waals surface area contributed by atoms with Crippen LogP contribution in [0.2, 0.25) is 0 Å². The lowest BCUT2D eigenvalue weighted by Gasteiger charge is -2.39. The van der Waals surface area contributed by atoms with Crippen LogP contribution in [0.15, 0.2) is 24.3 Å². The molecule has 0 aromatic heterocycles. The van der Waals surface area contributed by atoms with Crippen molar-refractivity contribution >= 4 is 11.7 Å². The molecular formula is C17H24N2O2. The molecule has 3 rings (SSSR count). The number of esters is 1. The van der Waals surface area contributed by atoms with Gasteiger partial charge < -0.3 is 15.0 Å². The minimum absolute atomic E-state index is 0.0986. The highest BCUT2D eigenvalue weighted by molar-refractivity contribution is 5.90. The molecule has 0 aliphatic carbocycles. The zero-order valence-electron chi connectivity index (χ0n) is 13.1. The average Bonchev–Trinajstić information content (AvgIpc) is 2.76. The predicted molar refractivity (Wildman–Crippen MR) is 83.8 cm³/mol. The van der Waals surface area contributed by atoms with Crippen molar-refractivity contribution in [2.75, 3.05) is 18.6 Å². The summed E-state index contributed by atoms with van der Waals surface area (Å²) in [6, 6.07) is 8.89. The standard InChI is InChI=1S/C17H24N2O2/c1-17(2)11-14-15(8-5-9-18-14)19(17)13-7-4-6-12(10-13)16(20)21-3/h4,6-7,10,14-15,18H,5,8-9,11H2,1-3H3/t14-,15-/m0/s1.